The van der Waals surface area contributed by atoms with Crippen LogP contribution in [-0.4, -0.2) is 31.2 Å². The summed E-state index contributed by atoms with van der Waals surface area (Å²) in [6.07, 6.45) is -5.90. The highest BCUT2D eigenvalue weighted by Gasteiger charge is 2.35. The molecule has 0 radical (unpaired) electrons. The molecular weight excluding hydrogens is 361 g/mol. The predicted molar refractivity (Wildman–Crippen MR) is 92.6 cm³/mol. The highest BCUT2D eigenvalue weighted by atomic mass is 19.4. The quantitative estimate of drug-likeness (QED) is 0.881. The van der Waals surface area contributed by atoms with Gasteiger partial charge in [0.05, 0.1) is 18.7 Å². The molecule has 142 valence electrons. The highest BCUT2D eigenvalue weighted by Crippen LogP contribution is 2.32. The zero-order valence-electron chi connectivity index (χ0n) is 14.4. The van der Waals surface area contributed by atoms with Gasteiger partial charge in [0.15, 0.2) is 0 Å². The van der Waals surface area contributed by atoms with Crippen LogP contribution in [0.4, 0.5) is 23.7 Å². The van der Waals surface area contributed by atoms with Crippen molar-refractivity contribution < 1.29 is 27.5 Å². The number of benzene rings is 2. The molecule has 1 fully saturated rings. The fourth-order valence-corrected chi connectivity index (χ4v) is 2.70. The molecule has 1 saturated heterocycles. The van der Waals surface area contributed by atoms with Crippen LogP contribution in [0.15, 0.2) is 48.5 Å². The standard InChI is InChI=1S/C19H17F3N2O3/c1-12-5-7-13(8-6-12)17(25)23-10-16-11-24(18(26)27-16)15-4-2-3-14(9-15)19(20,21)22/h2-9,16H,10-11H2,1H3,(H,23,25). The number of hydrogen-bond acceptors (Lipinski definition) is 3. The number of ether oxygens (including phenoxy) is 1. The minimum atomic E-state index is -4.50. The van der Waals surface area contributed by atoms with Crippen LogP contribution < -0.4 is 10.2 Å². The molecule has 3 rings (SSSR count). The second-order valence-corrected chi connectivity index (χ2v) is 6.24. The zero-order valence-corrected chi connectivity index (χ0v) is 14.4. The number of carbonyl (C=O) groups excluding carboxylic acids is 2. The summed E-state index contributed by atoms with van der Waals surface area (Å²) in [6, 6.07) is 11.4. The summed E-state index contributed by atoms with van der Waals surface area (Å²) < 4.78 is 43.7. The molecule has 5 nitrogen and oxygen atoms in total. The zero-order chi connectivity index (χ0) is 19.6. The number of halogens is 3. The lowest BCUT2D eigenvalue weighted by Gasteiger charge is -2.15. The number of amides is 2. The summed E-state index contributed by atoms with van der Waals surface area (Å²) in [5.41, 5.74) is 0.749. The number of cyclic esters (lactones) is 1. The van der Waals surface area contributed by atoms with Crippen molar-refractivity contribution in [3.63, 3.8) is 0 Å². The van der Waals surface area contributed by atoms with Gasteiger partial charge in [-0.1, -0.05) is 23.8 Å². The predicted octanol–water partition coefficient (Wildman–Crippen LogP) is 3.77. The monoisotopic (exact) mass is 378 g/mol. The maximum atomic E-state index is 12.8. The number of carbonyl (C=O) groups is 2. The summed E-state index contributed by atoms with van der Waals surface area (Å²) in [4.78, 5) is 25.2. The van der Waals surface area contributed by atoms with E-state index in [0.717, 1.165) is 22.6 Å². The van der Waals surface area contributed by atoms with E-state index in [-0.39, 0.29) is 24.7 Å². The lowest BCUT2D eigenvalue weighted by molar-refractivity contribution is -0.137. The Morgan fingerprint density at radius 2 is 1.93 bits per heavy atom. The molecule has 0 saturated carbocycles. The Hall–Kier alpha value is -3.03. The lowest BCUT2D eigenvalue weighted by Crippen LogP contribution is -2.34. The summed E-state index contributed by atoms with van der Waals surface area (Å²) in [6.45, 7) is 2.02. The highest BCUT2D eigenvalue weighted by molar-refractivity contribution is 5.94. The first-order valence-electron chi connectivity index (χ1n) is 8.24. The fourth-order valence-electron chi connectivity index (χ4n) is 2.70. The molecule has 0 spiro atoms. The van der Waals surface area contributed by atoms with Crippen molar-refractivity contribution in [2.24, 2.45) is 0 Å². The molecule has 2 aromatic rings. The molecule has 2 aromatic carbocycles. The molecule has 1 aliphatic heterocycles. The Bertz CT molecular complexity index is 850. The van der Waals surface area contributed by atoms with Gasteiger partial charge in [0.1, 0.15) is 6.10 Å². The van der Waals surface area contributed by atoms with Crippen molar-refractivity contribution in [2.75, 3.05) is 18.0 Å². The largest absolute Gasteiger partial charge is 0.442 e. The van der Waals surface area contributed by atoms with Crippen LogP contribution in [0.2, 0.25) is 0 Å². The van der Waals surface area contributed by atoms with E-state index in [1.54, 1.807) is 24.3 Å². The molecule has 0 bridgehead atoms. The van der Waals surface area contributed by atoms with Crippen LogP contribution >= 0.6 is 0 Å². The third kappa shape index (κ3) is 4.39. The molecule has 0 aliphatic carbocycles. The number of hydrogen-bond donors (Lipinski definition) is 1. The van der Waals surface area contributed by atoms with Crippen molar-refractivity contribution in [1.29, 1.82) is 0 Å². The maximum absolute atomic E-state index is 12.8. The summed E-state index contributed by atoms with van der Waals surface area (Å²) in [5, 5.41) is 2.67. The first kappa shape index (κ1) is 18.8. The van der Waals surface area contributed by atoms with Crippen LogP contribution in [-0.2, 0) is 10.9 Å². The molecule has 1 heterocycles. The number of anilines is 1. The normalized spacial score (nSPS) is 17.0. The molecular formula is C19H17F3N2O3. The molecule has 8 heteroatoms. The van der Waals surface area contributed by atoms with E-state index in [4.69, 9.17) is 4.74 Å². The molecule has 1 aliphatic rings. The molecule has 1 N–H and O–H groups in total. The summed E-state index contributed by atoms with van der Waals surface area (Å²) >= 11 is 0. The van der Waals surface area contributed by atoms with E-state index < -0.39 is 23.9 Å². The molecule has 0 aromatic heterocycles. The second kappa shape index (κ2) is 7.30. The van der Waals surface area contributed by atoms with Gasteiger partial charge in [-0.15, -0.1) is 0 Å². The van der Waals surface area contributed by atoms with Crippen molar-refractivity contribution in [3.8, 4) is 0 Å². The van der Waals surface area contributed by atoms with Gasteiger partial charge in [-0.3, -0.25) is 9.69 Å². The first-order valence-corrected chi connectivity index (χ1v) is 8.24. The molecule has 2 amide bonds. The van der Waals surface area contributed by atoms with Crippen LogP contribution in [0.3, 0.4) is 0 Å². The van der Waals surface area contributed by atoms with Crippen molar-refractivity contribution in [1.82, 2.24) is 5.32 Å². The Kier molecular flexibility index (Phi) is 5.07. The fraction of sp³-hybridized carbons (Fsp3) is 0.263. The smallest absolute Gasteiger partial charge is 0.416 e. The van der Waals surface area contributed by atoms with Gasteiger partial charge < -0.3 is 10.1 Å². The minimum absolute atomic E-state index is 0.0499. The van der Waals surface area contributed by atoms with Crippen LogP contribution in [0, 0.1) is 6.92 Å². The number of nitrogens with one attached hydrogen (secondary N) is 1. The maximum Gasteiger partial charge on any atom is 0.416 e. The minimum Gasteiger partial charge on any atom is -0.442 e. The Morgan fingerprint density at radius 3 is 2.59 bits per heavy atom. The Morgan fingerprint density at radius 1 is 1.22 bits per heavy atom. The van der Waals surface area contributed by atoms with Gasteiger partial charge in [-0.2, -0.15) is 13.2 Å². The number of alkyl halides is 3. The van der Waals surface area contributed by atoms with E-state index in [1.807, 2.05) is 6.92 Å². The topological polar surface area (TPSA) is 58.6 Å². The van der Waals surface area contributed by atoms with E-state index >= 15 is 0 Å². The van der Waals surface area contributed by atoms with Gasteiger partial charge in [0.25, 0.3) is 5.91 Å². The van der Waals surface area contributed by atoms with Crippen LogP contribution in [0.25, 0.3) is 0 Å². The van der Waals surface area contributed by atoms with E-state index in [9.17, 15) is 22.8 Å². The molecule has 27 heavy (non-hydrogen) atoms. The third-order valence-corrected chi connectivity index (χ3v) is 4.16. The van der Waals surface area contributed by atoms with Crippen molar-refractivity contribution in [2.45, 2.75) is 19.2 Å². The second-order valence-electron chi connectivity index (χ2n) is 6.24. The van der Waals surface area contributed by atoms with Crippen molar-refractivity contribution in [3.05, 3.63) is 65.2 Å². The van der Waals surface area contributed by atoms with Gasteiger partial charge in [0, 0.05) is 11.3 Å². The summed E-state index contributed by atoms with van der Waals surface area (Å²) in [7, 11) is 0. The third-order valence-electron chi connectivity index (χ3n) is 4.16. The average Bonchev–Trinajstić information content (AvgIpc) is 3.00. The average molecular weight is 378 g/mol. The number of rotatable bonds is 4. The van der Waals surface area contributed by atoms with E-state index in [0.29, 0.717) is 5.56 Å². The van der Waals surface area contributed by atoms with Gasteiger partial charge >= 0.3 is 12.3 Å². The SMILES string of the molecule is Cc1ccc(C(=O)NCC2CN(c3cccc(C(F)(F)F)c3)C(=O)O2)cc1. The van der Waals surface area contributed by atoms with Gasteiger partial charge in [0.2, 0.25) is 0 Å². The summed E-state index contributed by atoms with van der Waals surface area (Å²) in [5.74, 6) is -0.316. The van der Waals surface area contributed by atoms with Crippen LogP contribution in [0.5, 0.6) is 0 Å². The first-order chi connectivity index (χ1) is 12.7. The van der Waals surface area contributed by atoms with Gasteiger partial charge in [-0.25, -0.2) is 4.79 Å². The molecule has 1 atom stereocenters. The van der Waals surface area contributed by atoms with Crippen LogP contribution in [0.1, 0.15) is 21.5 Å². The Labute approximate surface area is 153 Å². The number of aryl methyl sites for hydroxylation is 1. The number of nitrogens with zero attached hydrogens (tertiary/aromatic N) is 1. The lowest BCUT2D eigenvalue weighted by atomic mass is 10.1. The Balaban J connectivity index is 1.62. The van der Waals surface area contributed by atoms with E-state index in [2.05, 4.69) is 5.32 Å². The van der Waals surface area contributed by atoms with Crippen molar-refractivity contribution >= 4 is 17.7 Å². The van der Waals surface area contributed by atoms with Gasteiger partial charge in [-0.05, 0) is 37.3 Å². The van der Waals surface area contributed by atoms with E-state index in [1.165, 1.54) is 12.1 Å². The molecule has 1 unspecified atom stereocenters.